The Morgan fingerprint density at radius 3 is 2.52 bits per heavy atom. The molecule has 29 heavy (non-hydrogen) atoms. The number of nitrogens with one attached hydrogen (secondary N) is 1. The summed E-state index contributed by atoms with van der Waals surface area (Å²) in [7, 11) is -3.68. The van der Waals surface area contributed by atoms with Gasteiger partial charge in [-0.2, -0.15) is 0 Å². The average molecular weight is 449 g/mol. The molecule has 2 saturated heterocycles. The SMILES string of the molecule is O=C(NO)[C@H](CS(=O)(=O)N1CCC(c2ccc(F)cc2Cl)CC1)C1CCOCC1. The van der Waals surface area contributed by atoms with Crippen LogP contribution in [0, 0.1) is 17.7 Å². The molecule has 0 bridgehead atoms. The molecule has 0 aliphatic carbocycles. The Morgan fingerprint density at radius 2 is 1.93 bits per heavy atom. The van der Waals surface area contributed by atoms with Crippen LogP contribution in [0.5, 0.6) is 0 Å². The van der Waals surface area contributed by atoms with E-state index in [9.17, 15) is 17.6 Å². The second-order valence-corrected chi connectivity index (χ2v) is 10.1. The number of carbonyl (C=O) groups is 1. The van der Waals surface area contributed by atoms with Crippen LogP contribution in [-0.4, -0.2) is 55.9 Å². The largest absolute Gasteiger partial charge is 0.381 e. The van der Waals surface area contributed by atoms with Gasteiger partial charge < -0.3 is 4.74 Å². The van der Waals surface area contributed by atoms with Crippen molar-refractivity contribution >= 4 is 27.5 Å². The molecular weight excluding hydrogens is 423 g/mol. The van der Waals surface area contributed by atoms with E-state index in [0.717, 1.165) is 5.56 Å². The van der Waals surface area contributed by atoms with Crippen LogP contribution in [0.15, 0.2) is 18.2 Å². The van der Waals surface area contributed by atoms with Crippen molar-refractivity contribution in [2.75, 3.05) is 32.1 Å². The predicted molar refractivity (Wildman–Crippen MR) is 106 cm³/mol. The Kier molecular flexibility index (Phi) is 7.50. The van der Waals surface area contributed by atoms with Gasteiger partial charge in [0.25, 0.3) is 0 Å². The highest BCUT2D eigenvalue weighted by Crippen LogP contribution is 2.34. The molecule has 0 aromatic heterocycles. The van der Waals surface area contributed by atoms with E-state index >= 15 is 0 Å². The molecule has 3 rings (SSSR count). The van der Waals surface area contributed by atoms with Crippen molar-refractivity contribution in [3.63, 3.8) is 0 Å². The second-order valence-electron chi connectivity index (χ2n) is 7.65. The molecule has 2 aliphatic rings. The van der Waals surface area contributed by atoms with Crippen LogP contribution in [0.4, 0.5) is 4.39 Å². The van der Waals surface area contributed by atoms with Crippen molar-refractivity contribution < 1.29 is 27.5 Å². The minimum Gasteiger partial charge on any atom is -0.381 e. The Balaban J connectivity index is 1.65. The minimum absolute atomic E-state index is 0.0570. The summed E-state index contributed by atoms with van der Waals surface area (Å²) in [6.45, 7) is 1.57. The quantitative estimate of drug-likeness (QED) is 0.515. The number of rotatable bonds is 6. The smallest absolute Gasteiger partial charge is 0.247 e. The van der Waals surface area contributed by atoms with Crippen molar-refractivity contribution in [3.8, 4) is 0 Å². The number of piperidine rings is 1. The van der Waals surface area contributed by atoms with E-state index in [4.69, 9.17) is 21.5 Å². The molecule has 1 aromatic rings. The van der Waals surface area contributed by atoms with E-state index in [-0.39, 0.29) is 17.6 Å². The molecule has 1 aromatic carbocycles. The molecule has 7 nitrogen and oxygen atoms in total. The lowest BCUT2D eigenvalue weighted by Gasteiger charge is -2.34. The van der Waals surface area contributed by atoms with Crippen LogP contribution in [0.25, 0.3) is 0 Å². The van der Waals surface area contributed by atoms with Gasteiger partial charge in [-0.15, -0.1) is 0 Å². The number of sulfonamides is 1. The number of benzene rings is 1. The summed E-state index contributed by atoms with van der Waals surface area (Å²) in [6.07, 6.45) is 2.30. The lowest BCUT2D eigenvalue weighted by Crippen LogP contribution is -2.45. The molecule has 0 unspecified atom stereocenters. The zero-order valence-corrected chi connectivity index (χ0v) is 17.6. The van der Waals surface area contributed by atoms with E-state index < -0.39 is 27.7 Å². The molecule has 2 fully saturated rings. The maximum absolute atomic E-state index is 13.3. The number of ether oxygens (including phenoxy) is 1. The van der Waals surface area contributed by atoms with Gasteiger partial charge in [0.15, 0.2) is 0 Å². The zero-order valence-electron chi connectivity index (χ0n) is 16.0. The van der Waals surface area contributed by atoms with Crippen LogP contribution >= 0.6 is 11.6 Å². The first-order chi connectivity index (χ1) is 13.8. The number of hydrogen-bond acceptors (Lipinski definition) is 5. The van der Waals surface area contributed by atoms with Gasteiger partial charge in [0, 0.05) is 31.3 Å². The lowest BCUT2D eigenvalue weighted by atomic mass is 9.87. The predicted octanol–water partition coefficient (Wildman–Crippen LogP) is 2.54. The molecule has 2 N–H and O–H groups in total. The van der Waals surface area contributed by atoms with Crippen molar-refractivity contribution in [1.82, 2.24) is 9.79 Å². The normalized spacial score (nSPS) is 21.1. The molecular formula is C19H26ClFN2O5S. The number of hydroxylamine groups is 1. The highest BCUT2D eigenvalue weighted by molar-refractivity contribution is 7.89. The average Bonchev–Trinajstić information content (AvgIpc) is 2.72. The topological polar surface area (TPSA) is 95.9 Å². The highest BCUT2D eigenvalue weighted by Gasteiger charge is 2.37. The first-order valence-corrected chi connectivity index (χ1v) is 11.7. The number of hydrogen-bond donors (Lipinski definition) is 2. The van der Waals surface area contributed by atoms with Crippen LogP contribution in [-0.2, 0) is 19.6 Å². The number of halogens is 2. The summed E-state index contributed by atoms with van der Waals surface area (Å²) in [5, 5.41) is 9.42. The molecule has 1 atom stereocenters. The van der Waals surface area contributed by atoms with Crippen LogP contribution in [0.1, 0.15) is 37.2 Å². The molecule has 2 heterocycles. The fourth-order valence-electron chi connectivity index (χ4n) is 4.24. The van der Waals surface area contributed by atoms with Crippen LogP contribution < -0.4 is 5.48 Å². The molecule has 2 aliphatic heterocycles. The van der Waals surface area contributed by atoms with Gasteiger partial charge in [-0.3, -0.25) is 10.0 Å². The molecule has 10 heteroatoms. The van der Waals surface area contributed by atoms with Crippen molar-refractivity contribution in [2.24, 2.45) is 11.8 Å². The van der Waals surface area contributed by atoms with E-state index in [0.29, 0.717) is 57.0 Å². The van der Waals surface area contributed by atoms with E-state index in [1.54, 1.807) is 11.5 Å². The summed E-state index contributed by atoms with van der Waals surface area (Å²) >= 11 is 6.14. The monoisotopic (exact) mass is 448 g/mol. The Bertz CT molecular complexity index is 824. The van der Waals surface area contributed by atoms with Gasteiger partial charge in [0.05, 0.1) is 11.7 Å². The molecule has 162 valence electrons. The van der Waals surface area contributed by atoms with Crippen molar-refractivity contribution in [3.05, 3.63) is 34.6 Å². The summed E-state index contributed by atoms with van der Waals surface area (Å²) in [6, 6.07) is 4.28. The lowest BCUT2D eigenvalue weighted by molar-refractivity contribution is -0.135. The highest BCUT2D eigenvalue weighted by atomic mass is 35.5. The summed E-state index contributed by atoms with van der Waals surface area (Å²) < 4.78 is 45.9. The maximum Gasteiger partial charge on any atom is 0.247 e. The Labute approximate surface area is 175 Å². The van der Waals surface area contributed by atoms with E-state index in [1.165, 1.54) is 16.4 Å². The first-order valence-electron chi connectivity index (χ1n) is 9.76. The summed E-state index contributed by atoms with van der Waals surface area (Å²) in [4.78, 5) is 12.1. The Hall–Kier alpha value is -1.26. The third-order valence-electron chi connectivity index (χ3n) is 5.92. The molecule has 0 radical (unpaired) electrons. The fourth-order valence-corrected chi connectivity index (χ4v) is 6.41. The minimum atomic E-state index is -3.68. The van der Waals surface area contributed by atoms with Crippen molar-refractivity contribution in [2.45, 2.75) is 31.6 Å². The summed E-state index contributed by atoms with van der Waals surface area (Å²) in [5.74, 6) is -2.33. The van der Waals surface area contributed by atoms with E-state index in [2.05, 4.69) is 0 Å². The van der Waals surface area contributed by atoms with Gasteiger partial charge in [0.2, 0.25) is 15.9 Å². The number of amides is 1. The van der Waals surface area contributed by atoms with E-state index in [1.807, 2.05) is 0 Å². The maximum atomic E-state index is 13.3. The summed E-state index contributed by atoms with van der Waals surface area (Å²) in [5.41, 5.74) is 2.44. The molecule has 0 spiro atoms. The third kappa shape index (κ3) is 5.46. The second kappa shape index (κ2) is 9.70. The number of carbonyl (C=O) groups excluding carboxylic acids is 1. The first kappa shape index (κ1) is 22.4. The van der Waals surface area contributed by atoms with Gasteiger partial charge in [0.1, 0.15) is 5.82 Å². The molecule has 1 amide bonds. The van der Waals surface area contributed by atoms with Gasteiger partial charge in [-0.05, 0) is 55.2 Å². The van der Waals surface area contributed by atoms with Gasteiger partial charge in [-0.25, -0.2) is 22.6 Å². The number of nitrogens with zero attached hydrogens (tertiary/aromatic N) is 1. The van der Waals surface area contributed by atoms with Crippen LogP contribution in [0.3, 0.4) is 0 Å². The fraction of sp³-hybridized carbons (Fsp3) is 0.632. The molecule has 0 saturated carbocycles. The standard InChI is InChI=1S/C19H26ClFN2O5S/c20-18-11-15(21)1-2-16(18)13-3-7-23(8-4-13)29(26,27)12-17(19(24)22-25)14-5-9-28-10-6-14/h1-2,11,13-14,17,25H,3-10,12H2,(H,22,24)/t17-/m1/s1. The van der Waals surface area contributed by atoms with Crippen molar-refractivity contribution in [1.29, 1.82) is 0 Å². The Morgan fingerprint density at radius 1 is 1.28 bits per heavy atom. The van der Waals surface area contributed by atoms with Gasteiger partial charge >= 0.3 is 0 Å². The van der Waals surface area contributed by atoms with Crippen LogP contribution in [0.2, 0.25) is 5.02 Å². The zero-order chi connectivity index (χ0) is 21.0. The third-order valence-corrected chi connectivity index (χ3v) is 8.18. The van der Waals surface area contributed by atoms with Gasteiger partial charge in [-0.1, -0.05) is 17.7 Å².